The largest absolute Gasteiger partial charge is 0.481 e. The first kappa shape index (κ1) is 15.1. The summed E-state index contributed by atoms with van der Waals surface area (Å²) in [7, 11) is 0. The minimum absolute atomic E-state index is 0.00254. The van der Waals surface area contributed by atoms with Crippen molar-refractivity contribution < 1.29 is 9.90 Å². The van der Waals surface area contributed by atoms with E-state index in [1.54, 1.807) is 0 Å². The van der Waals surface area contributed by atoms with E-state index in [0.29, 0.717) is 0 Å². The third-order valence-corrected chi connectivity index (χ3v) is 5.20. The molecule has 0 radical (unpaired) electrons. The van der Waals surface area contributed by atoms with Gasteiger partial charge in [-0.2, -0.15) is 0 Å². The molecular formula is C18H26O2. The molecule has 1 fully saturated rings. The van der Waals surface area contributed by atoms with Crippen LogP contribution in [-0.4, -0.2) is 11.1 Å². The van der Waals surface area contributed by atoms with Gasteiger partial charge in [0.2, 0.25) is 0 Å². The molecule has 2 heteroatoms. The Hall–Kier alpha value is -1.31. The topological polar surface area (TPSA) is 37.3 Å². The van der Waals surface area contributed by atoms with Crippen molar-refractivity contribution in [2.45, 2.75) is 59.3 Å². The Labute approximate surface area is 122 Å². The second kappa shape index (κ2) is 5.23. The molecule has 0 amide bonds. The van der Waals surface area contributed by atoms with Crippen LogP contribution in [0.3, 0.4) is 0 Å². The van der Waals surface area contributed by atoms with E-state index in [-0.39, 0.29) is 10.8 Å². The van der Waals surface area contributed by atoms with Crippen LogP contribution in [0.15, 0.2) is 24.3 Å². The Morgan fingerprint density at radius 3 is 2.05 bits per heavy atom. The first-order valence-corrected chi connectivity index (χ1v) is 7.57. The standard InChI is InChI=1S/C18H26O2/c1-13-7-9-14(10-8-13)15(16(19)20)18(17(2,3)4)11-5-6-12-18/h7-10,15H,5-6,11-12H2,1-4H3,(H,19,20)/t15-/m1/s1. The van der Waals surface area contributed by atoms with Crippen LogP contribution in [0.1, 0.15) is 63.5 Å². The quantitative estimate of drug-likeness (QED) is 0.862. The van der Waals surface area contributed by atoms with Gasteiger partial charge in [-0.25, -0.2) is 0 Å². The van der Waals surface area contributed by atoms with E-state index >= 15 is 0 Å². The van der Waals surface area contributed by atoms with E-state index in [1.165, 1.54) is 5.56 Å². The van der Waals surface area contributed by atoms with Crippen molar-refractivity contribution in [3.8, 4) is 0 Å². The van der Waals surface area contributed by atoms with Gasteiger partial charge < -0.3 is 5.11 Å². The number of hydrogen-bond donors (Lipinski definition) is 1. The van der Waals surface area contributed by atoms with Gasteiger partial charge in [0.05, 0.1) is 5.92 Å². The van der Waals surface area contributed by atoms with Crippen molar-refractivity contribution in [1.29, 1.82) is 0 Å². The van der Waals surface area contributed by atoms with Crippen molar-refractivity contribution in [2.75, 3.05) is 0 Å². The molecule has 1 N–H and O–H groups in total. The molecule has 0 aliphatic heterocycles. The average Bonchev–Trinajstić information content (AvgIpc) is 2.81. The molecule has 0 spiro atoms. The molecule has 1 aliphatic rings. The zero-order valence-corrected chi connectivity index (χ0v) is 13.1. The molecule has 0 bridgehead atoms. The maximum atomic E-state index is 12.0. The first-order chi connectivity index (χ1) is 9.28. The molecule has 1 aliphatic carbocycles. The van der Waals surface area contributed by atoms with Gasteiger partial charge in [0.25, 0.3) is 0 Å². The predicted molar refractivity (Wildman–Crippen MR) is 81.9 cm³/mol. The van der Waals surface area contributed by atoms with Gasteiger partial charge in [-0.15, -0.1) is 0 Å². The van der Waals surface area contributed by atoms with Crippen LogP contribution in [0.5, 0.6) is 0 Å². The maximum absolute atomic E-state index is 12.0. The number of aliphatic carboxylic acids is 1. The number of aryl methyl sites for hydroxylation is 1. The lowest BCUT2D eigenvalue weighted by molar-refractivity contribution is -0.145. The van der Waals surface area contributed by atoms with Crippen LogP contribution in [0, 0.1) is 17.8 Å². The van der Waals surface area contributed by atoms with Crippen molar-refractivity contribution in [2.24, 2.45) is 10.8 Å². The van der Waals surface area contributed by atoms with Gasteiger partial charge in [0, 0.05) is 0 Å². The highest BCUT2D eigenvalue weighted by molar-refractivity contribution is 5.77. The van der Waals surface area contributed by atoms with Crippen molar-refractivity contribution in [3.63, 3.8) is 0 Å². The number of rotatable bonds is 3. The van der Waals surface area contributed by atoms with Crippen LogP contribution >= 0.6 is 0 Å². The molecule has 2 nitrogen and oxygen atoms in total. The van der Waals surface area contributed by atoms with Gasteiger partial charge >= 0.3 is 5.97 Å². The Balaban J connectivity index is 2.51. The molecule has 0 unspecified atom stereocenters. The summed E-state index contributed by atoms with van der Waals surface area (Å²) in [5, 5.41) is 9.88. The summed E-state index contributed by atoms with van der Waals surface area (Å²) < 4.78 is 0. The lowest BCUT2D eigenvalue weighted by Crippen LogP contribution is -2.42. The van der Waals surface area contributed by atoms with Gasteiger partial charge in [0.1, 0.15) is 0 Å². The molecule has 110 valence electrons. The third kappa shape index (κ3) is 2.48. The SMILES string of the molecule is Cc1ccc([C@H](C(=O)O)C2(C(C)(C)C)CCCC2)cc1. The number of carboxylic acids is 1. The smallest absolute Gasteiger partial charge is 0.311 e. The van der Waals surface area contributed by atoms with Crippen molar-refractivity contribution in [3.05, 3.63) is 35.4 Å². The Morgan fingerprint density at radius 1 is 1.15 bits per heavy atom. The fourth-order valence-corrected chi connectivity index (χ4v) is 3.93. The third-order valence-electron chi connectivity index (χ3n) is 5.20. The summed E-state index contributed by atoms with van der Waals surface area (Å²) in [5.41, 5.74) is 2.00. The second-order valence-electron chi connectivity index (χ2n) is 7.30. The number of carbonyl (C=O) groups is 1. The van der Waals surface area contributed by atoms with Crippen molar-refractivity contribution in [1.82, 2.24) is 0 Å². The Bertz CT molecular complexity index is 473. The van der Waals surface area contributed by atoms with Gasteiger partial charge in [-0.1, -0.05) is 63.4 Å². The zero-order valence-electron chi connectivity index (χ0n) is 13.1. The highest BCUT2D eigenvalue weighted by Crippen LogP contribution is 2.59. The summed E-state index contributed by atoms with van der Waals surface area (Å²) in [4.78, 5) is 12.0. The monoisotopic (exact) mass is 274 g/mol. The lowest BCUT2D eigenvalue weighted by atomic mass is 9.57. The van der Waals surface area contributed by atoms with Crippen molar-refractivity contribution >= 4 is 5.97 Å². The number of hydrogen-bond acceptors (Lipinski definition) is 1. The minimum Gasteiger partial charge on any atom is -0.481 e. The zero-order chi connectivity index (χ0) is 15.0. The Morgan fingerprint density at radius 2 is 1.65 bits per heavy atom. The fraction of sp³-hybridized carbons (Fsp3) is 0.611. The molecule has 20 heavy (non-hydrogen) atoms. The molecule has 2 rings (SSSR count). The normalized spacial score (nSPS) is 19.8. The van der Waals surface area contributed by atoms with E-state index in [9.17, 15) is 9.90 Å². The molecule has 1 saturated carbocycles. The highest BCUT2D eigenvalue weighted by atomic mass is 16.4. The van der Waals surface area contributed by atoms with E-state index in [0.717, 1.165) is 31.2 Å². The van der Waals surface area contributed by atoms with Gasteiger partial charge in [0.15, 0.2) is 0 Å². The molecule has 1 aromatic rings. The van der Waals surface area contributed by atoms with Crippen LogP contribution in [0.2, 0.25) is 0 Å². The molecular weight excluding hydrogens is 248 g/mol. The number of benzene rings is 1. The van der Waals surface area contributed by atoms with Crippen LogP contribution in [-0.2, 0) is 4.79 Å². The fourth-order valence-electron chi connectivity index (χ4n) is 3.93. The lowest BCUT2D eigenvalue weighted by Gasteiger charge is -2.46. The summed E-state index contributed by atoms with van der Waals surface area (Å²) in [5.74, 6) is -1.07. The summed E-state index contributed by atoms with van der Waals surface area (Å²) in [6.45, 7) is 8.63. The highest BCUT2D eigenvalue weighted by Gasteiger charge is 2.52. The van der Waals surface area contributed by atoms with Crippen LogP contribution in [0.25, 0.3) is 0 Å². The van der Waals surface area contributed by atoms with Crippen LogP contribution in [0.4, 0.5) is 0 Å². The molecule has 0 aromatic heterocycles. The molecule has 1 atom stereocenters. The average molecular weight is 274 g/mol. The summed E-state index contributed by atoms with van der Waals surface area (Å²) in [6, 6.07) is 8.05. The van der Waals surface area contributed by atoms with Crippen LogP contribution < -0.4 is 0 Å². The summed E-state index contributed by atoms with van der Waals surface area (Å²) in [6.07, 6.45) is 4.32. The molecule has 1 aromatic carbocycles. The Kier molecular flexibility index (Phi) is 3.95. The number of carboxylic acid groups (broad SMARTS) is 1. The second-order valence-corrected chi connectivity index (χ2v) is 7.30. The van der Waals surface area contributed by atoms with E-state index in [4.69, 9.17) is 0 Å². The minimum atomic E-state index is -0.675. The van der Waals surface area contributed by atoms with E-state index in [2.05, 4.69) is 20.8 Å². The molecule has 0 saturated heterocycles. The predicted octanol–water partition coefficient (Wildman–Crippen LogP) is 4.77. The van der Waals surface area contributed by atoms with E-state index < -0.39 is 11.9 Å². The molecule has 0 heterocycles. The summed E-state index contributed by atoms with van der Waals surface area (Å²) >= 11 is 0. The van der Waals surface area contributed by atoms with Gasteiger partial charge in [-0.05, 0) is 36.2 Å². The maximum Gasteiger partial charge on any atom is 0.311 e. The van der Waals surface area contributed by atoms with Gasteiger partial charge in [-0.3, -0.25) is 4.79 Å². The first-order valence-electron chi connectivity index (χ1n) is 7.57. The van der Waals surface area contributed by atoms with E-state index in [1.807, 2.05) is 31.2 Å².